The Bertz CT molecular complexity index is 982. The number of halogens is 1. The molecule has 3 rings (SSSR count). The van der Waals surface area contributed by atoms with Crippen molar-refractivity contribution >= 4 is 29.6 Å². The van der Waals surface area contributed by atoms with E-state index in [0.717, 1.165) is 49.1 Å². The molecule has 1 aromatic heterocycles. The van der Waals surface area contributed by atoms with Crippen molar-refractivity contribution in [2.24, 2.45) is 0 Å². The summed E-state index contributed by atoms with van der Waals surface area (Å²) >= 11 is 0. The van der Waals surface area contributed by atoms with Crippen LogP contribution in [0.25, 0.3) is 0 Å². The van der Waals surface area contributed by atoms with Crippen molar-refractivity contribution in [2.45, 2.75) is 64.9 Å². The molecule has 7 nitrogen and oxygen atoms in total. The number of aromatic hydroxyl groups is 1. The Morgan fingerprint density at radius 3 is 2.45 bits per heavy atom. The molecule has 0 unspecified atom stereocenters. The summed E-state index contributed by atoms with van der Waals surface area (Å²) in [5.41, 5.74) is 1.68. The average Bonchev–Trinajstić information content (AvgIpc) is 3.33. The SMILES string of the molecule is CCc1cc(OCc2ccc(F)cc2)c(O)cc1OCCCCCC(C)(C)c1nn[nH]n1.[NaH]. The first-order valence-corrected chi connectivity index (χ1v) is 11.0. The van der Waals surface area contributed by atoms with E-state index in [1.54, 1.807) is 18.2 Å². The number of aromatic nitrogens is 4. The number of aromatic amines is 1. The molecule has 0 aliphatic carbocycles. The number of rotatable bonds is 12. The molecule has 2 aromatic carbocycles. The fraction of sp³-hybridized carbons (Fsp3) is 0.458. The monoisotopic (exact) mass is 466 g/mol. The zero-order valence-electron chi connectivity index (χ0n) is 18.9. The third-order valence-corrected chi connectivity index (χ3v) is 5.48. The van der Waals surface area contributed by atoms with Gasteiger partial charge >= 0.3 is 29.6 Å². The molecular formula is C24H32FN4NaO3. The van der Waals surface area contributed by atoms with E-state index in [1.807, 2.05) is 13.0 Å². The number of ether oxygens (including phenoxy) is 2. The predicted molar refractivity (Wildman–Crippen MR) is 127 cm³/mol. The number of aryl methyl sites for hydroxylation is 1. The van der Waals surface area contributed by atoms with E-state index in [-0.39, 0.29) is 53.1 Å². The Morgan fingerprint density at radius 2 is 1.79 bits per heavy atom. The summed E-state index contributed by atoms with van der Waals surface area (Å²) in [5.74, 6) is 1.54. The number of nitrogens with one attached hydrogen (secondary N) is 1. The maximum atomic E-state index is 13.0. The van der Waals surface area contributed by atoms with Crippen molar-refractivity contribution in [3.8, 4) is 17.2 Å². The summed E-state index contributed by atoms with van der Waals surface area (Å²) < 4.78 is 24.7. The van der Waals surface area contributed by atoms with Crippen LogP contribution < -0.4 is 9.47 Å². The molecule has 0 aliphatic heterocycles. The zero-order valence-corrected chi connectivity index (χ0v) is 18.9. The molecule has 0 amide bonds. The van der Waals surface area contributed by atoms with Crippen LogP contribution >= 0.6 is 0 Å². The van der Waals surface area contributed by atoms with Gasteiger partial charge in [-0.15, -0.1) is 10.2 Å². The number of unbranched alkanes of at least 4 members (excludes halogenated alkanes) is 2. The quantitative estimate of drug-likeness (QED) is 0.303. The molecule has 2 N–H and O–H groups in total. The van der Waals surface area contributed by atoms with Crippen molar-refractivity contribution in [3.63, 3.8) is 0 Å². The summed E-state index contributed by atoms with van der Waals surface area (Å²) in [7, 11) is 0. The summed E-state index contributed by atoms with van der Waals surface area (Å²) in [4.78, 5) is 0. The van der Waals surface area contributed by atoms with Crippen molar-refractivity contribution < 1.29 is 19.0 Å². The van der Waals surface area contributed by atoms with Crippen LogP contribution in [-0.4, -0.2) is 61.9 Å². The number of nitrogens with zero attached hydrogens (tertiary/aromatic N) is 3. The van der Waals surface area contributed by atoms with Crippen molar-refractivity contribution in [1.82, 2.24) is 20.6 Å². The van der Waals surface area contributed by atoms with Gasteiger partial charge in [0.1, 0.15) is 18.2 Å². The molecule has 0 saturated heterocycles. The van der Waals surface area contributed by atoms with Crippen molar-refractivity contribution in [2.75, 3.05) is 6.61 Å². The van der Waals surface area contributed by atoms with E-state index in [4.69, 9.17) is 9.47 Å². The van der Waals surface area contributed by atoms with E-state index in [9.17, 15) is 9.50 Å². The summed E-state index contributed by atoms with van der Waals surface area (Å²) in [6.07, 6.45) is 4.69. The zero-order chi connectivity index (χ0) is 23.0. The van der Waals surface area contributed by atoms with E-state index in [0.29, 0.717) is 18.1 Å². The molecule has 0 aliphatic rings. The second-order valence-corrected chi connectivity index (χ2v) is 8.47. The second kappa shape index (κ2) is 12.9. The van der Waals surface area contributed by atoms with Crippen LogP contribution in [-0.2, 0) is 18.4 Å². The molecule has 0 atom stereocenters. The van der Waals surface area contributed by atoms with Gasteiger partial charge in [0.25, 0.3) is 0 Å². The van der Waals surface area contributed by atoms with Crippen LogP contribution in [0.3, 0.4) is 0 Å². The second-order valence-electron chi connectivity index (χ2n) is 8.47. The fourth-order valence-electron chi connectivity index (χ4n) is 3.45. The number of tetrazole rings is 1. The number of phenolic OH excluding ortho intramolecular Hbond substituents is 1. The van der Waals surface area contributed by atoms with Gasteiger partial charge in [0.15, 0.2) is 17.3 Å². The van der Waals surface area contributed by atoms with Gasteiger partial charge in [-0.3, -0.25) is 0 Å². The molecule has 33 heavy (non-hydrogen) atoms. The Kier molecular flexibility index (Phi) is 10.6. The number of H-pyrrole nitrogens is 1. The Morgan fingerprint density at radius 1 is 1.03 bits per heavy atom. The topological polar surface area (TPSA) is 93.1 Å². The Hall–Kier alpha value is -2.16. The molecule has 1 heterocycles. The molecule has 174 valence electrons. The van der Waals surface area contributed by atoms with Crippen LogP contribution in [0.5, 0.6) is 17.2 Å². The predicted octanol–water partition coefficient (Wildman–Crippen LogP) is 4.45. The Balaban J connectivity index is 0.00000385. The number of hydrogen-bond donors (Lipinski definition) is 2. The molecule has 9 heteroatoms. The standard InChI is InChI=1S/C24H31FN4O3.Na.H/c1-4-18-14-22(32-16-17-8-10-19(25)11-9-17)20(30)15-21(18)31-13-7-5-6-12-24(2,3)23-26-28-29-27-23;;/h8-11,14-15,30H,4-7,12-13,16H2,1-3H3,(H,26,27,28,29);;. The Labute approximate surface area is 216 Å². The number of hydrogen-bond acceptors (Lipinski definition) is 6. The molecule has 0 radical (unpaired) electrons. The maximum absolute atomic E-state index is 13.0. The minimum atomic E-state index is -0.290. The van der Waals surface area contributed by atoms with Gasteiger partial charge in [0, 0.05) is 11.5 Å². The molecular weight excluding hydrogens is 434 g/mol. The summed E-state index contributed by atoms with van der Waals surface area (Å²) in [6, 6.07) is 9.51. The van der Waals surface area contributed by atoms with Gasteiger partial charge in [-0.1, -0.05) is 51.0 Å². The van der Waals surface area contributed by atoms with Gasteiger partial charge in [-0.2, -0.15) is 5.21 Å². The molecule has 0 spiro atoms. The third kappa shape index (κ3) is 7.98. The van der Waals surface area contributed by atoms with E-state index in [2.05, 4.69) is 34.5 Å². The molecule has 3 aromatic rings. The van der Waals surface area contributed by atoms with Crippen molar-refractivity contribution in [1.29, 1.82) is 0 Å². The van der Waals surface area contributed by atoms with Gasteiger partial charge < -0.3 is 14.6 Å². The average molecular weight is 467 g/mol. The summed E-state index contributed by atoms with van der Waals surface area (Å²) in [5, 5.41) is 24.7. The number of phenols is 1. The van der Waals surface area contributed by atoms with E-state index < -0.39 is 0 Å². The van der Waals surface area contributed by atoms with Crippen LogP contribution in [0.2, 0.25) is 0 Å². The number of benzene rings is 2. The third-order valence-electron chi connectivity index (χ3n) is 5.48. The van der Waals surface area contributed by atoms with Crippen molar-refractivity contribution in [3.05, 3.63) is 59.2 Å². The first-order valence-electron chi connectivity index (χ1n) is 11.0. The van der Waals surface area contributed by atoms with Gasteiger partial charge in [-0.05, 0) is 48.6 Å². The fourth-order valence-corrected chi connectivity index (χ4v) is 3.45. The molecule has 0 fully saturated rings. The first kappa shape index (κ1) is 27.1. The van der Waals surface area contributed by atoms with Crippen LogP contribution in [0.4, 0.5) is 4.39 Å². The van der Waals surface area contributed by atoms with Gasteiger partial charge in [0.2, 0.25) is 0 Å². The van der Waals surface area contributed by atoms with Crippen LogP contribution in [0, 0.1) is 5.82 Å². The van der Waals surface area contributed by atoms with Gasteiger partial charge in [0.05, 0.1) is 6.61 Å². The van der Waals surface area contributed by atoms with E-state index in [1.165, 1.54) is 12.1 Å². The first-order chi connectivity index (χ1) is 15.4. The van der Waals surface area contributed by atoms with Crippen LogP contribution in [0.1, 0.15) is 63.4 Å². The van der Waals surface area contributed by atoms with E-state index >= 15 is 0 Å². The summed E-state index contributed by atoms with van der Waals surface area (Å²) in [6.45, 7) is 7.08. The molecule has 0 saturated carbocycles. The van der Waals surface area contributed by atoms with Gasteiger partial charge in [-0.25, -0.2) is 4.39 Å². The normalized spacial score (nSPS) is 11.2. The minimum absolute atomic E-state index is 0. The molecule has 0 bridgehead atoms. The van der Waals surface area contributed by atoms with Crippen LogP contribution in [0.15, 0.2) is 36.4 Å².